The van der Waals surface area contributed by atoms with E-state index >= 15 is 0 Å². The molecule has 2 nitrogen and oxygen atoms in total. The third kappa shape index (κ3) is 3.02. The molecule has 0 aromatic heterocycles. The minimum atomic E-state index is -3.70. The van der Waals surface area contributed by atoms with E-state index in [1.54, 1.807) is 6.07 Å². The van der Waals surface area contributed by atoms with Crippen LogP contribution in [0.2, 0.25) is 0 Å². The molecule has 1 aromatic rings. The Morgan fingerprint density at radius 1 is 1.23 bits per heavy atom. The van der Waals surface area contributed by atoms with Gasteiger partial charge >= 0.3 is 0 Å². The molecular weight excluding hydrogens is 255 g/mol. The summed E-state index contributed by atoms with van der Waals surface area (Å²) in [6.07, 6.45) is 0. The predicted octanol–water partition coefficient (Wildman–Crippen LogP) is 3.09. The number of benzene rings is 1. The van der Waals surface area contributed by atoms with Crippen LogP contribution in [0.1, 0.15) is 10.4 Å². The van der Waals surface area contributed by atoms with E-state index < -0.39 is 13.9 Å². The van der Waals surface area contributed by atoms with Gasteiger partial charge in [0.15, 0.2) is 0 Å². The van der Waals surface area contributed by atoms with Crippen LogP contribution < -0.4 is 0 Å². The quantitative estimate of drug-likeness (QED) is 0.604. The van der Waals surface area contributed by atoms with Crippen LogP contribution in [0.5, 0.6) is 0 Å². The zero-order chi connectivity index (χ0) is 10.1. The molecule has 0 amide bonds. The van der Waals surface area contributed by atoms with Gasteiger partial charge in [0.1, 0.15) is 4.84 Å². The molecule has 72 valence electrons. The van der Waals surface area contributed by atoms with Crippen molar-refractivity contribution in [1.29, 1.82) is 0 Å². The highest BCUT2D eigenvalue weighted by molar-refractivity contribution is 8.13. The van der Waals surface area contributed by atoms with Crippen molar-refractivity contribution in [2.45, 2.75) is 9.73 Å². The average molecular weight is 260 g/mol. The van der Waals surface area contributed by atoms with Crippen molar-refractivity contribution >= 4 is 42.9 Å². The Morgan fingerprint density at radius 3 is 2.31 bits per heavy atom. The molecule has 0 heterocycles. The molecule has 0 atom stereocenters. The van der Waals surface area contributed by atoms with E-state index in [4.69, 9.17) is 33.9 Å². The molecule has 6 heteroatoms. The van der Waals surface area contributed by atoms with E-state index in [9.17, 15) is 8.42 Å². The van der Waals surface area contributed by atoms with Gasteiger partial charge in [-0.1, -0.05) is 12.1 Å². The zero-order valence-electron chi connectivity index (χ0n) is 6.25. The van der Waals surface area contributed by atoms with Crippen LogP contribution in [0.4, 0.5) is 0 Å². The fraction of sp³-hybridized carbons (Fsp3) is 0.143. The van der Waals surface area contributed by atoms with E-state index in [1.165, 1.54) is 18.2 Å². The van der Waals surface area contributed by atoms with E-state index in [0.717, 1.165) is 0 Å². The number of halogens is 3. The Balaban J connectivity index is 3.21. The predicted molar refractivity (Wildman–Crippen MR) is 53.9 cm³/mol. The minimum Gasteiger partial charge on any atom is -0.207 e. The summed E-state index contributed by atoms with van der Waals surface area (Å²) in [5, 5.41) is 0. The van der Waals surface area contributed by atoms with Crippen molar-refractivity contribution in [2.24, 2.45) is 0 Å². The van der Waals surface area contributed by atoms with E-state index in [1.807, 2.05) is 0 Å². The largest absolute Gasteiger partial charge is 0.261 e. The molecule has 0 radical (unpaired) electrons. The maximum absolute atomic E-state index is 10.9. The monoisotopic (exact) mass is 258 g/mol. The van der Waals surface area contributed by atoms with Crippen LogP contribution in [0, 0.1) is 0 Å². The summed E-state index contributed by atoms with van der Waals surface area (Å²) in [5.74, 6) is 0. The first-order valence-electron chi connectivity index (χ1n) is 3.24. The van der Waals surface area contributed by atoms with Gasteiger partial charge in [-0.2, -0.15) is 0 Å². The van der Waals surface area contributed by atoms with Gasteiger partial charge in [-0.3, -0.25) is 0 Å². The molecule has 1 rings (SSSR count). The molecule has 0 saturated carbocycles. The Hall–Kier alpha value is 0.0400. The van der Waals surface area contributed by atoms with Gasteiger partial charge in [0.25, 0.3) is 9.05 Å². The van der Waals surface area contributed by atoms with Gasteiger partial charge in [-0.15, -0.1) is 23.2 Å². The standard InChI is InChI=1S/C7H5Cl3O2S/c8-7(9)5-2-1-3-6(4-5)13(10,11)12/h1-4,7H. The second-order valence-corrected chi connectivity index (χ2v) is 5.97. The summed E-state index contributed by atoms with van der Waals surface area (Å²) in [6.45, 7) is 0. The van der Waals surface area contributed by atoms with Gasteiger partial charge in [-0.25, -0.2) is 8.42 Å². The van der Waals surface area contributed by atoms with Gasteiger partial charge < -0.3 is 0 Å². The van der Waals surface area contributed by atoms with Crippen LogP contribution in [-0.4, -0.2) is 8.42 Å². The van der Waals surface area contributed by atoms with Crippen LogP contribution in [0.15, 0.2) is 29.2 Å². The molecule has 0 saturated heterocycles. The summed E-state index contributed by atoms with van der Waals surface area (Å²) < 4.78 is 21.8. The van der Waals surface area contributed by atoms with Crippen molar-refractivity contribution in [3.63, 3.8) is 0 Å². The third-order valence-corrected chi connectivity index (χ3v) is 3.25. The average Bonchev–Trinajstić information content (AvgIpc) is 2.03. The highest BCUT2D eigenvalue weighted by Crippen LogP contribution is 2.27. The summed E-state index contributed by atoms with van der Waals surface area (Å²) in [5.41, 5.74) is 0.505. The molecule has 0 fully saturated rings. The lowest BCUT2D eigenvalue weighted by molar-refractivity contribution is 0.609. The fourth-order valence-electron chi connectivity index (χ4n) is 0.802. The number of alkyl halides is 2. The van der Waals surface area contributed by atoms with Gasteiger partial charge in [0.2, 0.25) is 0 Å². The lowest BCUT2D eigenvalue weighted by Crippen LogP contribution is -1.92. The molecule has 13 heavy (non-hydrogen) atoms. The molecule has 0 aliphatic carbocycles. The molecule has 0 bridgehead atoms. The van der Waals surface area contributed by atoms with Crippen molar-refractivity contribution in [2.75, 3.05) is 0 Å². The fourth-order valence-corrected chi connectivity index (χ4v) is 1.88. The second kappa shape index (κ2) is 4.05. The summed E-state index contributed by atoms with van der Waals surface area (Å²) in [4.78, 5) is -0.753. The maximum Gasteiger partial charge on any atom is 0.261 e. The Morgan fingerprint density at radius 2 is 1.85 bits per heavy atom. The van der Waals surface area contributed by atoms with E-state index in [-0.39, 0.29) is 4.90 Å². The lowest BCUT2D eigenvalue weighted by atomic mass is 10.2. The highest BCUT2D eigenvalue weighted by Gasteiger charge is 2.12. The van der Waals surface area contributed by atoms with Crippen LogP contribution in [-0.2, 0) is 9.05 Å². The smallest absolute Gasteiger partial charge is 0.207 e. The molecular formula is C7H5Cl3O2S. The number of hydrogen-bond acceptors (Lipinski definition) is 2. The van der Waals surface area contributed by atoms with E-state index in [0.29, 0.717) is 5.56 Å². The van der Waals surface area contributed by atoms with Gasteiger partial charge in [0.05, 0.1) is 4.90 Å². The molecule has 0 spiro atoms. The van der Waals surface area contributed by atoms with Crippen molar-refractivity contribution in [3.05, 3.63) is 29.8 Å². The van der Waals surface area contributed by atoms with Gasteiger partial charge in [0, 0.05) is 10.7 Å². The normalized spacial score (nSPS) is 12.0. The maximum atomic E-state index is 10.9. The Kier molecular flexibility index (Phi) is 3.46. The molecule has 0 aliphatic heterocycles. The van der Waals surface area contributed by atoms with Crippen molar-refractivity contribution < 1.29 is 8.42 Å². The second-order valence-electron chi connectivity index (χ2n) is 2.31. The topological polar surface area (TPSA) is 34.1 Å². The molecule has 1 aromatic carbocycles. The summed E-state index contributed by atoms with van der Waals surface area (Å²) in [7, 11) is 1.42. The Bertz CT molecular complexity index is 400. The lowest BCUT2D eigenvalue weighted by Gasteiger charge is -2.02. The van der Waals surface area contributed by atoms with Crippen LogP contribution >= 0.6 is 33.9 Å². The first kappa shape index (κ1) is 11.1. The third-order valence-electron chi connectivity index (χ3n) is 1.39. The summed E-state index contributed by atoms with van der Waals surface area (Å²) >= 11 is 11.1. The summed E-state index contributed by atoms with van der Waals surface area (Å²) in [6, 6.07) is 5.87. The molecule has 0 unspecified atom stereocenters. The van der Waals surface area contributed by atoms with E-state index in [2.05, 4.69) is 0 Å². The Labute approximate surface area is 90.8 Å². The zero-order valence-corrected chi connectivity index (χ0v) is 9.33. The first-order valence-corrected chi connectivity index (χ1v) is 6.42. The molecule has 0 aliphatic rings. The van der Waals surface area contributed by atoms with Crippen LogP contribution in [0.3, 0.4) is 0 Å². The number of hydrogen-bond donors (Lipinski definition) is 0. The first-order chi connectivity index (χ1) is 5.91. The van der Waals surface area contributed by atoms with Crippen molar-refractivity contribution in [1.82, 2.24) is 0 Å². The highest BCUT2D eigenvalue weighted by atomic mass is 35.7. The minimum absolute atomic E-state index is 0.00188. The van der Waals surface area contributed by atoms with Gasteiger partial charge in [-0.05, 0) is 17.7 Å². The van der Waals surface area contributed by atoms with Crippen LogP contribution in [0.25, 0.3) is 0 Å². The molecule has 0 N–H and O–H groups in total. The number of rotatable bonds is 2. The van der Waals surface area contributed by atoms with Crippen molar-refractivity contribution in [3.8, 4) is 0 Å². The SMILES string of the molecule is O=S(=O)(Cl)c1cccc(C(Cl)Cl)c1.